The molecule has 7 heteroatoms. The number of carboxylic acids is 1. The van der Waals surface area contributed by atoms with Crippen LogP contribution in [-0.2, 0) is 0 Å². The molecule has 1 heterocycles. The van der Waals surface area contributed by atoms with Crippen LogP contribution in [0.25, 0.3) is 16.7 Å². The molecule has 0 saturated carbocycles. The number of rotatable bonds is 2. The maximum absolute atomic E-state index is 13.3. The molecule has 0 aliphatic carbocycles. The summed E-state index contributed by atoms with van der Waals surface area (Å²) in [4.78, 5) is 10.9. The van der Waals surface area contributed by atoms with E-state index < -0.39 is 11.8 Å². The normalized spacial score (nSPS) is 10.9. The van der Waals surface area contributed by atoms with Gasteiger partial charge in [-0.3, -0.25) is 0 Å². The van der Waals surface area contributed by atoms with E-state index in [1.54, 1.807) is 12.1 Å². The summed E-state index contributed by atoms with van der Waals surface area (Å²) < 4.78 is 15.5. The number of hydrogen-bond donors (Lipinski definition) is 1. The van der Waals surface area contributed by atoms with Crippen molar-refractivity contribution >= 4 is 32.9 Å². The molecule has 3 rings (SSSR count). The van der Waals surface area contributed by atoms with Crippen LogP contribution >= 0.6 is 15.9 Å². The summed E-state index contributed by atoms with van der Waals surface area (Å²) in [6.07, 6.45) is 0. The Kier molecular flexibility index (Phi) is 2.98. The zero-order valence-electron chi connectivity index (χ0n) is 9.92. The molecule has 0 atom stereocenters. The molecule has 0 amide bonds. The van der Waals surface area contributed by atoms with E-state index in [0.717, 1.165) is 0 Å². The Morgan fingerprint density at radius 2 is 2.05 bits per heavy atom. The van der Waals surface area contributed by atoms with Crippen molar-refractivity contribution in [3.05, 3.63) is 52.3 Å². The van der Waals surface area contributed by atoms with E-state index in [1.807, 2.05) is 0 Å². The summed E-state index contributed by atoms with van der Waals surface area (Å²) in [5, 5.41) is 16.8. The lowest BCUT2D eigenvalue weighted by Crippen LogP contribution is -1.99. The van der Waals surface area contributed by atoms with E-state index in [-0.39, 0.29) is 5.56 Å². The van der Waals surface area contributed by atoms with Crippen LogP contribution in [0.2, 0.25) is 0 Å². The number of benzene rings is 2. The second-order valence-electron chi connectivity index (χ2n) is 4.11. The third kappa shape index (κ3) is 2.05. The molecule has 20 heavy (non-hydrogen) atoms. The molecule has 0 fully saturated rings. The standard InChI is InChI=1S/C13H7BrFN3O2/c14-9-3-2-8(15)6-12(9)18-11-4-1-7(13(19)20)5-10(11)16-17-18/h1-6H,(H,19,20). The Hall–Kier alpha value is -2.28. The van der Waals surface area contributed by atoms with Crippen LogP contribution in [0, 0.1) is 5.82 Å². The first-order chi connectivity index (χ1) is 9.56. The average molecular weight is 336 g/mol. The summed E-state index contributed by atoms with van der Waals surface area (Å²) in [7, 11) is 0. The van der Waals surface area contributed by atoms with Crippen LogP contribution in [-0.4, -0.2) is 26.1 Å². The van der Waals surface area contributed by atoms with Crippen molar-refractivity contribution in [3.8, 4) is 5.69 Å². The van der Waals surface area contributed by atoms with Crippen LogP contribution in [0.1, 0.15) is 10.4 Å². The van der Waals surface area contributed by atoms with Crippen LogP contribution in [0.4, 0.5) is 4.39 Å². The number of carbonyl (C=O) groups is 1. The fourth-order valence-electron chi connectivity index (χ4n) is 1.88. The van der Waals surface area contributed by atoms with Gasteiger partial charge in [0, 0.05) is 10.5 Å². The Balaban J connectivity index is 2.22. The lowest BCUT2D eigenvalue weighted by Gasteiger charge is -2.05. The largest absolute Gasteiger partial charge is 0.478 e. The highest BCUT2D eigenvalue weighted by molar-refractivity contribution is 9.10. The van der Waals surface area contributed by atoms with Crippen molar-refractivity contribution in [2.45, 2.75) is 0 Å². The number of aromatic carboxylic acids is 1. The van der Waals surface area contributed by atoms with Gasteiger partial charge in [0.05, 0.1) is 16.8 Å². The lowest BCUT2D eigenvalue weighted by molar-refractivity contribution is 0.0697. The molecule has 1 aromatic heterocycles. The molecule has 3 aromatic rings. The SMILES string of the molecule is O=C(O)c1ccc2c(c1)nnn2-c1cc(F)ccc1Br. The number of aromatic nitrogens is 3. The number of hydrogen-bond acceptors (Lipinski definition) is 3. The summed E-state index contributed by atoms with van der Waals surface area (Å²) in [5.41, 5.74) is 1.65. The first-order valence-electron chi connectivity index (χ1n) is 5.60. The van der Waals surface area contributed by atoms with E-state index in [0.29, 0.717) is 21.2 Å². The second kappa shape index (κ2) is 4.68. The van der Waals surface area contributed by atoms with Gasteiger partial charge in [-0.2, -0.15) is 0 Å². The fraction of sp³-hybridized carbons (Fsp3) is 0. The Morgan fingerprint density at radius 3 is 2.80 bits per heavy atom. The molecular weight excluding hydrogens is 329 g/mol. The van der Waals surface area contributed by atoms with Crippen molar-refractivity contribution in [1.82, 2.24) is 15.0 Å². The fourth-order valence-corrected chi connectivity index (χ4v) is 2.30. The summed E-state index contributed by atoms with van der Waals surface area (Å²) >= 11 is 3.33. The van der Waals surface area contributed by atoms with E-state index in [4.69, 9.17) is 5.11 Å². The monoisotopic (exact) mass is 335 g/mol. The minimum Gasteiger partial charge on any atom is -0.478 e. The highest BCUT2D eigenvalue weighted by Crippen LogP contribution is 2.25. The van der Waals surface area contributed by atoms with Crippen molar-refractivity contribution in [2.75, 3.05) is 0 Å². The zero-order valence-corrected chi connectivity index (χ0v) is 11.5. The van der Waals surface area contributed by atoms with Gasteiger partial charge in [0.1, 0.15) is 11.3 Å². The van der Waals surface area contributed by atoms with E-state index in [2.05, 4.69) is 26.2 Å². The predicted octanol–water partition coefficient (Wildman–Crippen LogP) is 3.02. The van der Waals surface area contributed by atoms with Crippen molar-refractivity contribution < 1.29 is 14.3 Å². The average Bonchev–Trinajstić information content (AvgIpc) is 2.84. The second-order valence-corrected chi connectivity index (χ2v) is 4.96. The first-order valence-corrected chi connectivity index (χ1v) is 6.40. The van der Waals surface area contributed by atoms with Crippen LogP contribution in [0.3, 0.4) is 0 Å². The minimum absolute atomic E-state index is 0.128. The molecule has 0 spiro atoms. The molecule has 100 valence electrons. The minimum atomic E-state index is -1.03. The maximum atomic E-state index is 13.3. The number of carboxylic acid groups (broad SMARTS) is 1. The van der Waals surface area contributed by atoms with Crippen molar-refractivity contribution in [1.29, 1.82) is 0 Å². The van der Waals surface area contributed by atoms with Gasteiger partial charge in [-0.15, -0.1) is 5.10 Å². The summed E-state index contributed by atoms with van der Waals surface area (Å²) in [6.45, 7) is 0. The summed E-state index contributed by atoms with van der Waals surface area (Å²) in [6, 6.07) is 8.70. The molecule has 0 unspecified atom stereocenters. The zero-order chi connectivity index (χ0) is 14.3. The van der Waals surface area contributed by atoms with Crippen LogP contribution < -0.4 is 0 Å². The number of fused-ring (bicyclic) bond motifs is 1. The molecule has 5 nitrogen and oxygen atoms in total. The van der Waals surface area contributed by atoms with Gasteiger partial charge in [-0.1, -0.05) is 5.21 Å². The van der Waals surface area contributed by atoms with Gasteiger partial charge < -0.3 is 5.11 Å². The van der Waals surface area contributed by atoms with Gasteiger partial charge in [0.15, 0.2) is 0 Å². The Bertz CT molecular complexity index is 832. The third-order valence-electron chi connectivity index (χ3n) is 2.83. The third-order valence-corrected chi connectivity index (χ3v) is 3.50. The van der Waals surface area contributed by atoms with Gasteiger partial charge in [-0.25, -0.2) is 13.9 Å². The molecule has 0 radical (unpaired) electrons. The molecular formula is C13H7BrFN3O2. The van der Waals surface area contributed by atoms with Gasteiger partial charge in [0.2, 0.25) is 0 Å². The quantitative estimate of drug-likeness (QED) is 0.781. The predicted molar refractivity (Wildman–Crippen MR) is 73.5 cm³/mol. The van der Waals surface area contributed by atoms with Gasteiger partial charge in [-0.05, 0) is 46.3 Å². The maximum Gasteiger partial charge on any atom is 0.335 e. The van der Waals surface area contributed by atoms with Crippen molar-refractivity contribution in [2.24, 2.45) is 0 Å². The van der Waals surface area contributed by atoms with Gasteiger partial charge in [0.25, 0.3) is 0 Å². The highest BCUT2D eigenvalue weighted by atomic mass is 79.9. The van der Waals surface area contributed by atoms with E-state index >= 15 is 0 Å². The first kappa shape index (κ1) is 12.7. The Labute approximate surface area is 120 Å². The molecule has 0 aliphatic heterocycles. The van der Waals surface area contributed by atoms with Crippen LogP contribution in [0.5, 0.6) is 0 Å². The summed E-state index contributed by atoms with van der Waals surface area (Å²) in [5.74, 6) is -1.43. The topological polar surface area (TPSA) is 68.0 Å². The molecule has 0 bridgehead atoms. The molecule has 1 N–H and O–H groups in total. The molecule has 2 aromatic carbocycles. The molecule has 0 saturated heterocycles. The van der Waals surface area contributed by atoms with Crippen molar-refractivity contribution in [3.63, 3.8) is 0 Å². The smallest absolute Gasteiger partial charge is 0.335 e. The van der Waals surface area contributed by atoms with E-state index in [9.17, 15) is 9.18 Å². The highest BCUT2D eigenvalue weighted by Gasteiger charge is 2.12. The molecule has 0 aliphatic rings. The van der Waals surface area contributed by atoms with Gasteiger partial charge >= 0.3 is 5.97 Å². The number of halogens is 2. The number of nitrogens with zero attached hydrogens (tertiary/aromatic N) is 3. The lowest BCUT2D eigenvalue weighted by atomic mass is 10.2. The Morgan fingerprint density at radius 1 is 1.25 bits per heavy atom. The van der Waals surface area contributed by atoms with E-state index in [1.165, 1.54) is 28.9 Å². The van der Waals surface area contributed by atoms with Crippen LogP contribution in [0.15, 0.2) is 40.9 Å².